The molecule has 130 valence electrons. The molecule has 1 N–H and O–H groups in total. The second-order valence-corrected chi connectivity index (χ2v) is 6.57. The molecule has 6 heteroatoms. The maximum atomic E-state index is 12.3. The third-order valence-corrected chi connectivity index (χ3v) is 4.42. The summed E-state index contributed by atoms with van der Waals surface area (Å²) in [5.41, 5.74) is 1.13. The van der Waals surface area contributed by atoms with Crippen LogP contribution in [0.15, 0.2) is 54.6 Å². The molecule has 2 aromatic rings. The Bertz CT molecular complexity index is 740. The fraction of sp³-hybridized carbons (Fsp3) is 0.211. The number of hydrogen-bond donors (Lipinski definition) is 1. The van der Waals surface area contributed by atoms with Crippen molar-refractivity contribution in [3.05, 3.63) is 65.7 Å². The molecule has 25 heavy (non-hydrogen) atoms. The molecule has 0 fully saturated rings. The number of benzene rings is 2. The van der Waals surface area contributed by atoms with Crippen molar-refractivity contribution in [1.82, 2.24) is 0 Å². The fourth-order valence-corrected chi connectivity index (χ4v) is 2.74. The number of ether oxygens (including phenoxy) is 1. The molecule has 0 aliphatic carbocycles. The van der Waals surface area contributed by atoms with Crippen LogP contribution in [0.25, 0.3) is 0 Å². The first-order chi connectivity index (χ1) is 12.0. The molecule has 0 amide bonds. The van der Waals surface area contributed by atoms with E-state index < -0.39 is 11.9 Å². The Labute approximate surface area is 150 Å². The molecular weight excluding hydrogens is 340 g/mol. The van der Waals surface area contributed by atoms with Gasteiger partial charge in [0, 0.05) is 23.8 Å². The molecule has 2 aromatic carbocycles. The number of ketones is 1. The molecule has 1 atom stereocenters. The SMILES string of the molecule is CC(=O)SCC(COc1ccc(C(=O)c2ccccc2)cc1)C(=O)O. The van der Waals surface area contributed by atoms with Gasteiger partial charge in [-0.1, -0.05) is 42.1 Å². The zero-order valence-electron chi connectivity index (χ0n) is 13.7. The van der Waals surface area contributed by atoms with Gasteiger partial charge in [-0.15, -0.1) is 0 Å². The van der Waals surface area contributed by atoms with E-state index in [1.54, 1.807) is 48.5 Å². The average Bonchev–Trinajstić information content (AvgIpc) is 2.62. The van der Waals surface area contributed by atoms with Crippen molar-refractivity contribution in [1.29, 1.82) is 0 Å². The van der Waals surface area contributed by atoms with E-state index in [4.69, 9.17) is 9.84 Å². The minimum Gasteiger partial charge on any atom is -0.493 e. The summed E-state index contributed by atoms with van der Waals surface area (Å²) in [5.74, 6) is -1.24. The van der Waals surface area contributed by atoms with Crippen LogP contribution in [0.2, 0.25) is 0 Å². The van der Waals surface area contributed by atoms with Gasteiger partial charge in [-0.25, -0.2) is 0 Å². The predicted octanol–water partition coefficient (Wildman–Crippen LogP) is 3.28. The Morgan fingerprint density at radius 2 is 1.60 bits per heavy atom. The highest BCUT2D eigenvalue weighted by Crippen LogP contribution is 2.17. The van der Waals surface area contributed by atoms with Gasteiger partial charge in [0.15, 0.2) is 10.9 Å². The lowest BCUT2D eigenvalue weighted by Crippen LogP contribution is -2.24. The topological polar surface area (TPSA) is 80.7 Å². The van der Waals surface area contributed by atoms with Gasteiger partial charge in [0.05, 0.1) is 0 Å². The molecule has 2 rings (SSSR count). The Morgan fingerprint density at radius 3 is 2.16 bits per heavy atom. The summed E-state index contributed by atoms with van der Waals surface area (Å²) >= 11 is 0.962. The quantitative estimate of drug-likeness (QED) is 0.730. The normalized spacial score (nSPS) is 11.6. The minimum absolute atomic E-state index is 0.0401. The maximum Gasteiger partial charge on any atom is 0.310 e. The summed E-state index contributed by atoms with van der Waals surface area (Å²) in [6.07, 6.45) is 0. The Balaban J connectivity index is 1.96. The molecule has 0 saturated carbocycles. The molecule has 0 aliphatic heterocycles. The summed E-state index contributed by atoms with van der Waals surface area (Å²) in [5, 5.41) is 9.03. The Hall–Kier alpha value is -2.60. The van der Waals surface area contributed by atoms with Crippen LogP contribution in [-0.2, 0) is 9.59 Å². The van der Waals surface area contributed by atoms with E-state index in [9.17, 15) is 14.4 Å². The zero-order valence-corrected chi connectivity index (χ0v) is 14.5. The molecule has 0 radical (unpaired) electrons. The van der Waals surface area contributed by atoms with Crippen LogP contribution < -0.4 is 4.74 Å². The summed E-state index contributed by atoms with van der Waals surface area (Å²) in [7, 11) is 0. The summed E-state index contributed by atoms with van der Waals surface area (Å²) in [6, 6.07) is 15.5. The molecule has 0 aromatic heterocycles. The molecule has 0 spiro atoms. The van der Waals surface area contributed by atoms with Crippen molar-refractivity contribution in [2.75, 3.05) is 12.4 Å². The average molecular weight is 358 g/mol. The highest BCUT2D eigenvalue weighted by atomic mass is 32.2. The summed E-state index contributed by atoms with van der Waals surface area (Å²) in [4.78, 5) is 34.5. The van der Waals surface area contributed by atoms with Crippen LogP contribution in [0, 0.1) is 5.92 Å². The number of carboxylic acids is 1. The maximum absolute atomic E-state index is 12.3. The predicted molar refractivity (Wildman–Crippen MR) is 96.1 cm³/mol. The van der Waals surface area contributed by atoms with Gasteiger partial charge in [-0.05, 0) is 24.3 Å². The van der Waals surface area contributed by atoms with Crippen LogP contribution in [0.5, 0.6) is 5.75 Å². The minimum atomic E-state index is -1.01. The van der Waals surface area contributed by atoms with Gasteiger partial charge in [-0.2, -0.15) is 0 Å². The number of carboxylic acid groups (broad SMARTS) is 1. The Morgan fingerprint density at radius 1 is 1.00 bits per heavy atom. The smallest absolute Gasteiger partial charge is 0.310 e. The third kappa shape index (κ3) is 5.76. The largest absolute Gasteiger partial charge is 0.493 e. The van der Waals surface area contributed by atoms with Gasteiger partial charge in [0.2, 0.25) is 0 Å². The first kappa shape index (κ1) is 18.7. The third-order valence-electron chi connectivity index (χ3n) is 3.44. The lowest BCUT2D eigenvalue weighted by atomic mass is 10.0. The van der Waals surface area contributed by atoms with Crippen LogP contribution in [0.3, 0.4) is 0 Å². The van der Waals surface area contributed by atoms with Crippen LogP contribution in [0.1, 0.15) is 22.8 Å². The highest BCUT2D eigenvalue weighted by molar-refractivity contribution is 8.13. The second-order valence-electron chi connectivity index (χ2n) is 5.37. The number of thioether (sulfide) groups is 1. The van der Waals surface area contributed by atoms with Gasteiger partial charge in [0.1, 0.15) is 18.3 Å². The van der Waals surface area contributed by atoms with Crippen molar-refractivity contribution in [2.24, 2.45) is 5.92 Å². The molecule has 5 nitrogen and oxygen atoms in total. The molecule has 0 saturated heterocycles. The van der Waals surface area contributed by atoms with E-state index in [1.165, 1.54) is 6.92 Å². The summed E-state index contributed by atoms with van der Waals surface area (Å²) < 4.78 is 5.49. The van der Waals surface area contributed by atoms with Crippen molar-refractivity contribution < 1.29 is 24.2 Å². The molecule has 0 aliphatic rings. The molecule has 0 bridgehead atoms. The van der Waals surface area contributed by atoms with E-state index in [1.807, 2.05) is 6.07 Å². The number of hydrogen-bond acceptors (Lipinski definition) is 5. The molecular formula is C19H18O5S. The zero-order chi connectivity index (χ0) is 18.2. The molecule has 1 unspecified atom stereocenters. The van der Waals surface area contributed by atoms with E-state index in [-0.39, 0.29) is 23.3 Å². The van der Waals surface area contributed by atoms with Gasteiger partial charge >= 0.3 is 5.97 Å². The van der Waals surface area contributed by atoms with Gasteiger partial charge in [-0.3, -0.25) is 14.4 Å². The second kappa shape index (κ2) is 9.03. The van der Waals surface area contributed by atoms with Crippen LogP contribution >= 0.6 is 11.8 Å². The monoisotopic (exact) mass is 358 g/mol. The summed E-state index contributed by atoms with van der Waals surface area (Å²) in [6.45, 7) is 1.36. The number of aliphatic carboxylic acids is 1. The van der Waals surface area contributed by atoms with E-state index in [0.29, 0.717) is 16.9 Å². The van der Waals surface area contributed by atoms with E-state index >= 15 is 0 Å². The van der Waals surface area contributed by atoms with Gasteiger partial charge < -0.3 is 9.84 Å². The van der Waals surface area contributed by atoms with Gasteiger partial charge in [0.25, 0.3) is 0 Å². The van der Waals surface area contributed by atoms with Crippen LogP contribution in [0.4, 0.5) is 0 Å². The van der Waals surface area contributed by atoms with Crippen molar-refractivity contribution in [2.45, 2.75) is 6.92 Å². The standard InChI is InChI=1S/C19H18O5S/c1-13(20)25-12-16(19(22)23)11-24-17-9-7-15(8-10-17)18(21)14-5-3-2-4-6-14/h2-10,16H,11-12H2,1H3,(H,22,23). The highest BCUT2D eigenvalue weighted by Gasteiger charge is 2.19. The molecule has 0 heterocycles. The number of carbonyl (C=O) groups is 3. The number of carbonyl (C=O) groups excluding carboxylic acids is 2. The first-order valence-electron chi connectivity index (χ1n) is 7.66. The van der Waals surface area contributed by atoms with Crippen LogP contribution in [-0.4, -0.2) is 34.3 Å². The lowest BCUT2D eigenvalue weighted by molar-refractivity contribution is -0.141. The van der Waals surface area contributed by atoms with E-state index in [0.717, 1.165) is 11.8 Å². The lowest BCUT2D eigenvalue weighted by Gasteiger charge is -2.13. The fourth-order valence-electron chi connectivity index (χ4n) is 2.06. The van der Waals surface area contributed by atoms with Crippen molar-refractivity contribution in [3.63, 3.8) is 0 Å². The first-order valence-corrected chi connectivity index (χ1v) is 8.64. The van der Waals surface area contributed by atoms with E-state index in [2.05, 4.69) is 0 Å². The number of rotatable bonds is 8. The Kier molecular flexibility index (Phi) is 6.77. The van der Waals surface area contributed by atoms with Crippen molar-refractivity contribution in [3.8, 4) is 5.75 Å². The van der Waals surface area contributed by atoms with Crippen molar-refractivity contribution >= 4 is 28.6 Å².